The maximum Gasteiger partial charge on any atom is 0.116 e. The van der Waals surface area contributed by atoms with Crippen LogP contribution in [0, 0.1) is 11.3 Å². The summed E-state index contributed by atoms with van der Waals surface area (Å²) in [5, 5.41) is 10.4. The Morgan fingerprint density at radius 1 is 1.25 bits per heavy atom. The molecule has 1 fully saturated rings. The van der Waals surface area contributed by atoms with Crippen LogP contribution >= 0.6 is 0 Å². The molecule has 0 radical (unpaired) electrons. The van der Waals surface area contributed by atoms with Gasteiger partial charge in [-0.25, -0.2) is 9.97 Å². The average Bonchev–Trinajstić information content (AvgIpc) is 3.28. The van der Waals surface area contributed by atoms with Gasteiger partial charge in [-0.2, -0.15) is 5.26 Å². The zero-order chi connectivity index (χ0) is 13.5. The van der Waals surface area contributed by atoms with Gasteiger partial charge in [0.2, 0.25) is 0 Å². The van der Waals surface area contributed by atoms with Crippen LogP contribution in [0.2, 0.25) is 0 Å². The van der Waals surface area contributed by atoms with Crippen LogP contribution in [0.15, 0.2) is 43.0 Å². The lowest BCUT2D eigenvalue weighted by Crippen LogP contribution is -1.91. The van der Waals surface area contributed by atoms with Gasteiger partial charge in [0.05, 0.1) is 11.3 Å². The number of benzene rings is 1. The number of rotatable bonds is 2. The molecule has 4 nitrogen and oxygen atoms in total. The lowest BCUT2D eigenvalue weighted by molar-refractivity contribution is 0.776. The van der Waals surface area contributed by atoms with Crippen molar-refractivity contribution in [3.63, 3.8) is 0 Å². The van der Waals surface area contributed by atoms with Crippen LogP contribution in [0.1, 0.15) is 24.4 Å². The Morgan fingerprint density at radius 2 is 2.10 bits per heavy atom. The smallest absolute Gasteiger partial charge is 0.116 e. The van der Waals surface area contributed by atoms with E-state index in [4.69, 9.17) is 0 Å². The highest BCUT2D eigenvalue weighted by Crippen LogP contribution is 2.41. The van der Waals surface area contributed by atoms with Crippen LogP contribution in [0.5, 0.6) is 0 Å². The molecule has 0 saturated heterocycles. The zero-order valence-electron chi connectivity index (χ0n) is 10.8. The van der Waals surface area contributed by atoms with Crippen molar-refractivity contribution in [1.82, 2.24) is 14.5 Å². The predicted molar refractivity (Wildman–Crippen MR) is 76.0 cm³/mol. The second kappa shape index (κ2) is 4.17. The van der Waals surface area contributed by atoms with Gasteiger partial charge in [-0.1, -0.05) is 18.2 Å². The van der Waals surface area contributed by atoms with Crippen molar-refractivity contribution >= 4 is 10.9 Å². The van der Waals surface area contributed by atoms with Gasteiger partial charge in [0.15, 0.2) is 0 Å². The van der Waals surface area contributed by atoms with E-state index < -0.39 is 0 Å². The molecule has 1 saturated carbocycles. The first-order valence-corrected chi connectivity index (χ1v) is 6.68. The van der Waals surface area contributed by atoms with E-state index >= 15 is 0 Å². The topological polar surface area (TPSA) is 54.5 Å². The summed E-state index contributed by atoms with van der Waals surface area (Å²) in [4.78, 5) is 8.25. The summed E-state index contributed by atoms with van der Waals surface area (Å²) in [6, 6.07) is 11.1. The molecule has 0 N–H and O–H groups in total. The van der Waals surface area contributed by atoms with Gasteiger partial charge in [0.1, 0.15) is 12.4 Å². The SMILES string of the molecule is N#Cc1cncnc1-c1cn(C2CC2)c2ccccc12. The first-order valence-electron chi connectivity index (χ1n) is 6.68. The molecule has 1 aliphatic rings. The number of hydrogen-bond donors (Lipinski definition) is 0. The quantitative estimate of drug-likeness (QED) is 0.710. The van der Waals surface area contributed by atoms with E-state index in [0.717, 1.165) is 16.6 Å². The van der Waals surface area contributed by atoms with E-state index in [1.165, 1.54) is 24.7 Å². The summed E-state index contributed by atoms with van der Waals surface area (Å²) in [5.74, 6) is 0. The summed E-state index contributed by atoms with van der Waals surface area (Å²) < 4.78 is 2.31. The molecule has 3 aromatic rings. The minimum Gasteiger partial charge on any atom is -0.344 e. The van der Waals surface area contributed by atoms with Crippen molar-refractivity contribution in [1.29, 1.82) is 5.26 Å². The first-order chi connectivity index (χ1) is 9.88. The summed E-state index contributed by atoms with van der Waals surface area (Å²) in [7, 11) is 0. The predicted octanol–water partition coefficient (Wildman–Crippen LogP) is 3.30. The number of aromatic nitrogens is 3. The molecule has 1 aliphatic carbocycles. The van der Waals surface area contributed by atoms with Gasteiger partial charge in [0.25, 0.3) is 0 Å². The van der Waals surface area contributed by atoms with Crippen LogP contribution in [-0.2, 0) is 0 Å². The summed E-state index contributed by atoms with van der Waals surface area (Å²) >= 11 is 0. The fraction of sp³-hybridized carbons (Fsp3) is 0.188. The Balaban J connectivity index is 2.03. The molecule has 0 aliphatic heterocycles. The number of para-hydroxylation sites is 1. The van der Waals surface area contributed by atoms with E-state index in [1.54, 1.807) is 6.20 Å². The third kappa shape index (κ3) is 1.60. The molecule has 0 atom stereocenters. The fourth-order valence-corrected chi connectivity index (χ4v) is 2.67. The summed E-state index contributed by atoms with van der Waals surface area (Å²) in [6.07, 6.45) is 7.66. The third-order valence-electron chi connectivity index (χ3n) is 3.77. The highest BCUT2D eigenvalue weighted by molar-refractivity contribution is 5.96. The molecule has 0 spiro atoms. The maximum absolute atomic E-state index is 9.24. The molecule has 2 aromatic heterocycles. The van der Waals surface area contributed by atoms with Crippen LogP contribution in [0.25, 0.3) is 22.2 Å². The molecular weight excluding hydrogens is 248 g/mol. The van der Waals surface area contributed by atoms with Crippen molar-refractivity contribution in [3.05, 3.63) is 48.5 Å². The zero-order valence-corrected chi connectivity index (χ0v) is 10.8. The molecule has 96 valence electrons. The molecule has 0 unspecified atom stereocenters. The van der Waals surface area contributed by atoms with Gasteiger partial charge in [-0.3, -0.25) is 0 Å². The molecule has 0 bridgehead atoms. The van der Waals surface area contributed by atoms with Gasteiger partial charge in [-0.15, -0.1) is 0 Å². The lowest BCUT2D eigenvalue weighted by atomic mass is 10.1. The van der Waals surface area contributed by atoms with E-state index in [1.807, 2.05) is 6.07 Å². The minimum absolute atomic E-state index is 0.520. The fourth-order valence-electron chi connectivity index (χ4n) is 2.67. The summed E-state index contributed by atoms with van der Waals surface area (Å²) in [5.41, 5.74) is 3.48. The van der Waals surface area contributed by atoms with Crippen molar-refractivity contribution in [2.24, 2.45) is 0 Å². The Bertz CT molecular complexity index is 837. The first kappa shape index (κ1) is 11.2. The maximum atomic E-state index is 9.24. The molecule has 2 heterocycles. The van der Waals surface area contributed by atoms with Crippen molar-refractivity contribution in [2.45, 2.75) is 18.9 Å². The number of hydrogen-bond acceptors (Lipinski definition) is 3. The summed E-state index contributed by atoms with van der Waals surface area (Å²) in [6.45, 7) is 0. The number of fused-ring (bicyclic) bond motifs is 1. The minimum atomic E-state index is 0.520. The Morgan fingerprint density at radius 3 is 2.90 bits per heavy atom. The van der Waals surface area contributed by atoms with Crippen LogP contribution in [0.4, 0.5) is 0 Å². The average molecular weight is 260 g/mol. The van der Waals surface area contributed by atoms with Crippen molar-refractivity contribution in [2.75, 3.05) is 0 Å². The van der Waals surface area contributed by atoms with Crippen LogP contribution < -0.4 is 0 Å². The van der Waals surface area contributed by atoms with E-state index in [2.05, 4.69) is 45.0 Å². The largest absolute Gasteiger partial charge is 0.344 e. The lowest BCUT2D eigenvalue weighted by Gasteiger charge is -2.00. The third-order valence-corrected chi connectivity index (χ3v) is 3.77. The second-order valence-corrected chi connectivity index (χ2v) is 5.10. The highest BCUT2D eigenvalue weighted by Gasteiger charge is 2.26. The normalized spacial score (nSPS) is 14.3. The van der Waals surface area contributed by atoms with E-state index in [0.29, 0.717) is 11.6 Å². The van der Waals surface area contributed by atoms with Crippen LogP contribution in [0.3, 0.4) is 0 Å². The van der Waals surface area contributed by atoms with Gasteiger partial charge < -0.3 is 4.57 Å². The number of nitrogens with zero attached hydrogens (tertiary/aromatic N) is 4. The van der Waals surface area contributed by atoms with Crippen molar-refractivity contribution < 1.29 is 0 Å². The van der Waals surface area contributed by atoms with Crippen LogP contribution in [-0.4, -0.2) is 14.5 Å². The monoisotopic (exact) mass is 260 g/mol. The highest BCUT2D eigenvalue weighted by atomic mass is 15.0. The standard InChI is InChI=1S/C16H12N4/c17-7-11-8-18-10-19-16(11)14-9-20(12-5-6-12)15-4-2-1-3-13(14)15/h1-4,8-10,12H,5-6H2. The van der Waals surface area contributed by atoms with Gasteiger partial charge >= 0.3 is 0 Å². The molecule has 1 aromatic carbocycles. The van der Waals surface area contributed by atoms with E-state index in [-0.39, 0.29) is 0 Å². The molecule has 4 heteroatoms. The molecule has 0 amide bonds. The Labute approximate surface area is 116 Å². The van der Waals surface area contributed by atoms with Crippen molar-refractivity contribution in [3.8, 4) is 17.3 Å². The Hall–Kier alpha value is -2.67. The second-order valence-electron chi connectivity index (χ2n) is 5.10. The van der Waals surface area contributed by atoms with Gasteiger partial charge in [0, 0.05) is 34.9 Å². The molecular formula is C16H12N4. The van der Waals surface area contributed by atoms with E-state index in [9.17, 15) is 5.26 Å². The molecule has 4 rings (SSSR count). The molecule has 20 heavy (non-hydrogen) atoms. The number of nitriles is 1. The van der Waals surface area contributed by atoms with Gasteiger partial charge in [-0.05, 0) is 18.9 Å². The Kier molecular flexibility index (Phi) is 2.33.